The van der Waals surface area contributed by atoms with E-state index in [1.165, 1.54) is 12.5 Å². The van der Waals surface area contributed by atoms with E-state index in [0.717, 1.165) is 31.6 Å². The van der Waals surface area contributed by atoms with Gasteiger partial charge in [-0.3, -0.25) is 4.79 Å². The van der Waals surface area contributed by atoms with E-state index in [-0.39, 0.29) is 18.3 Å². The Bertz CT molecular complexity index is 428. The quantitative estimate of drug-likeness (QED) is 0.894. The van der Waals surface area contributed by atoms with Crippen LogP contribution in [0, 0.1) is 12.7 Å². The van der Waals surface area contributed by atoms with Gasteiger partial charge >= 0.3 is 0 Å². The molecule has 0 radical (unpaired) electrons. The molecule has 4 heteroatoms. The molecule has 0 aliphatic carbocycles. The van der Waals surface area contributed by atoms with Crippen LogP contribution in [0.25, 0.3) is 0 Å². The predicted octanol–water partition coefficient (Wildman–Crippen LogP) is 2.56. The van der Waals surface area contributed by atoms with Crippen LogP contribution in [0.1, 0.15) is 24.8 Å². The van der Waals surface area contributed by atoms with E-state index in [4.69, 9.17) is 0 Å². The van der Waals surface area contributed by atoms with Crippen molar-refractivity contribution >= 4 is 11.6 Å². The molecular formula is C14H19FN2O. The lowest BCUT2D eigenvalue weighted by molar-refractivity contribution is -0.130. The van der Waals surface area contributed by atoms with Gasteiger partial charge in [-0.05, 0) is 49.9 Å². The number of aryl methyl sites for hydroxylation is 1. The van der Waals surface area contributed by atoms with E-state index >= 15 is 0 Å². The van der Waals surface area contributed by atoms with Crippen molar-refractivity contribution in [3.05, 3.63) is 29.6 Å². The summed E-state index contributed by atoms with van der Waals surface area (Å²) in [7, 11) is 0. The van der Waals surface area contributed by atoms with E-state index in [9.17, 15) is 9.18 Å². The van der Waals surface area contributed by atoms with Gasteiger partial charge in [0.1, 0.15) is 5.82 Å². The van der Waals surface area contributed by atoms with E-state index in [1.54, 1.807) is 19.1 Å². The highest BCUT2D eigenvalue weighted by atomic mass is 19.1. The van der Waals surface area contributed by atoms with Crippen molar-refractivity contribution in [3.8, 4) is 0 Å². The lowest BCUT2D eigenvalue weighted by atomic mass is 10.1. The van der Waals surface area contributed by atoms with Gasteiger partial charge in [0.05, 0.1) is 6.54 Å². The Hall–Kier alpha value is -1.58. The summed E-state index contributed by atoms with van der Waals surface area (Å²) in [6, 6.07) is 4.80. The first-order valence-electron chi connectivity index (χ1n) is 6.44. The first kappa shape index (κ1) is 12.9. The number of amides is 1. The van der Waals surface area contributed by atoms with Gasteiger partial charge in [0.2, 0.25) is 5.91 Å². The molecule has 0 unspecified atom stereocenters. The number of nitrogens with one attached hydrogen (secondary N) is 1. The van der Waals surface area contributed by atoms with Gasteiger partial charge in [0, 0.05) is 18.8 Å². The molecule has 1 saturated heterocycles. The van der Waals surface area contributed by atoms with Crippen molar-refractivity contribution in [2.75, 3.05) is 25.0 Å². The maximum Gasteiger partial charge on any atom is 0.241 e. The number of piperidine rings is 1. The van der Waals surface area contributed by atoms with Crippen LogP contribution in [0.15, 0.2) is 18.2 Å². The van der Waals surface area contributed by atoms with Gasteiger partial charge in [0.15, 0.2) is 0 Å². The average Bonchev–Trinajstić information content (AvgIpc) is 2.41. The fourth-order valence-corrected chi connectivity index (χ4v) is 2.19. The maximum absolute atomic E-state index is 13.1. The fraction of sp³-hybridized carbons (Fsp3) is 0.500. The highest BCUT2D eigenvalue weighted by Crippen LogP contribution is 2.14. The van der Waals surface area contributed by atoms with Gasteiger partial charge in [-0.1, -0.05) is 0 Å². The lowest BCUT2D eigenvalue weighted by Crippen LogP contribution is -2.39. The normalized spacial score (nSPS) is 15.6. The number of likely N-dealkylation sites (tertiary alicyclic amines) is 1. The zero-order chi connectivity index (χ0) is 13.0. The monoisotopic (exact) mass is 250 g/mol. The molecule has 0 spiro atoms. The molecule has 1 aromatic rings. The molecule has 1 N–H and O–H groups in total. The van der Waals surface area contributed by atoms with Gasteiger partial charge in [-0.15, -0.1) is 0 Å². The molecule has 0 bridgehead atoms. The summed E-state index contributed by atoms with van der Waals surface area (Å²) < 4.78 is 13.1. The van der Waals surface area contributed by atoms with Crippen molar-refractivity contribution in [2.24, 2.45) is 0 Å². The van der Waals surface area contributed by atoms with Crippen molar-refractivity contribution in [3.63, 3.8) is 0 Å². The minimum atomic E-state index is -0.220. The molecule has 1 aliphatic heterocycles. The second-order valence-corrected chi connectivity index (χ2v) is 4.76. The Labute approximate surface area is 107 Å². The second-order valence-electron chi connectivity index (χ2n) is 4.76. The summed E-state index contributed by atoms with van der Waals surface area (Å²) in [6.45, 7) is 3.73. The summed E-state index contributed by atoms with van der Waals surface area (Å²) in [4.78, 5) is 13.8. The lowest BCUT2D eigenvalue weighted by Gasteiger charge is -2.26. The van der Waals surface area contributed by atoms with Crippen molar-refractivity contribution in [1.82, 2.24) is 4.90 Å². The molecular weight excluding hydrogens is 231 g/mol. The molecule has 1 aliphatic rings. The molecule has 0 aromatic heterocycles. The number of carbonyl (C=O) groups is 1. The third-order valence-corrected chi connectivity index (χ3v) is 3.31. The minimum Gasteiger partial charge on any atom is -0.376 e. The molecule has 18 heavy (non-hydrogen) atoms. The Morgan fingerprint density at radius 3 is 2.72 bits per heavy atom. The number of benzene rings is 1. The number of nitrogens with zero attached hydrogens (tertiary/aromatic N) is 1. The topological polar surface area (TPSA) is 32.3 Å². The highest BCUT2D eigenvalue weighted by Gasteiger charge is 2.15. The van der Waals surface area contributed by atoms with E-state index in [1.807, 2.05) is 4.90 Å². The Morgan fingerprint density at radius 2 is 2.06 bits per heavy atom. The minimum absolute atomic E-state index is 0.122. The van der Waals surface area contributed by atoms with Crippen LogP contribution in [0.3, 0.4) is 0 Å². The van der Waals surface area contributed by atoms with Gasteiger partial charge < -0.3 is 10.2 Å². The van der Waals surface area contributed by atoms with Gasteiger partial charge in [0.25, 0.3) is 0 Å². The number of anilines is 1. The molecule has 98 valence electrons. The zero-order valence-corrected chi connectivity index (χ0v) is 10.7. The number of halogens is 1. The molecule has 1 fully saturated rings. The van der Waals surface area contributed by atoms with E-state index < -0.39 is 0 Å². The number of carbonyl (C=O) groups excluding carboxylic acids is 1. The summed E-state index contributed by atoms with van der Waals surface area (Å²) in [5.74, 6) is -0.0976. The number of rotatable bonds is 3. The standard InChI is InChI=1S/C14H19FN2O/c1-11-9-12(5-6-13(11)15)16-10-14(18)17-7-3-2-4-8-17/h5-6,9,16H,2-4,7-8,10H2,1H3. The van der Waals surface area contributed by atoms with Crippen LogP contribution in [0.4, 0.5) is 10.1 Å². The Kier molecular flexibility index (Phi) is 4.18. The molecule has 2 rings (SSSR count). The summed E-state index contributed by atoms with van der Waals surface area (Å²) in [5, 5.41) is 3.05. The zero-order valence-electron chi connectivity index (χ0n) is 10.7. The van der Waals surface area contributed by atoms with Crippen molar-refractivity contribution in [1.29, 1.82) is 0 Å². The molecule has 0 saturated carbocycles. The van der Waals surface area contributed by atoms with Crippen LogP contribution < -0.4 is 5.32 Å². The molecule has 0 atom stereocenters. The maximum atomic E-state index is 13.1. The SMILES string of the molecule is Cc1cc(NCC(=O)N2CCCCC2)ccc1F. The molecule has 1 aromatic carbocycles. The summed E-state index contributed by atoms with van der Waals surface area (Å²) >= 11 is 0. The fourth-order valence-electron chi connectivity index (χ4n) is 2.19. The molecule has 3 nitrogen and oxygen atoms in total. The number of hydrogen-bond donors (Lipinski definition) is 1. The highest BCUT2D eigenvalue weighted by molar-refractivity contribution is 5.81. The van der Waals surface area contributed by atoms with Crippen LogP contribution in [-0.2, 0) is 4.79 Å². The summed E-state index contributed by atoms with van der Waals surface area (Å²) in [6.07, 6.45) is 3.41. The first-order valence-corrected chi connectivity index (χ1v) is 6.44. The molecule has 1 heterocycles. The largest absolute Gasteiger partial charge is 0.376 e. The van der Waals surface area contributed by atoms with Crippen molar-refractivity contribution < 1.29 is 9.18 Å². The van der Waals surface area contributed by atoms with Gasteiger partial charge in [-0.2, -0.15) is 0 Å². The number of hydrogen-bond acceptors (Lipinski definition) is 2. The van der Waals surface area contributed by atoms with Crippen LogP contribution in [0.2, 0.25) is 0 Å². The third kappa shape index (κ3) is 3.22. The average molecular weight is 250 g/mol. The smallest absolute Gasteiger partial charge is 0.241 e. The van der Waals surface area contributed by atoms with E-state index in [2.05, 4.69) is 5.32 Å². The molecule has 1 amide bonds. The van der Waals surface area contributed by atoms with Crippen LogP contribution in [0.5, 0.6) is 0 Å². The second kappa shape index (κ2) is 5.85. The van der Waals surface area contributed by atoms with Crippen molar-refractivity contribution in [2.45, 2.75) is 26.2 Å². The first-order chi connectivity index (χ1) is 8.66. The third-order valence-electron chi connectivity index (χ3n) is 3.31. The predicted molar refractivity (Wildman–Crippen MR) is 70.1 cm³/mol. The van der Waals surface area contributed by atoms with E-state index in [0.29, 0.717) is 5.56 Å². The summed E-state index contributed by atoms with van der Waals surface area (Å²) in [5.41, 5.74) is 1.38. The Balaban J connectivity index is 1.86. The van der Waals surface area contributed by atoms with Gasteiger partial charge in [-0.25, -0.2) is 4.39 Å². The van der Waals surface area contributed by atoms with Crippen LogP contribution >= 0.6 is 0 Å². The van der Waals surface area contributed by atoms with Crippen LogP contribution in [-0.4, -0.2) is 30.4 Å². The Morgan fingerprint density at radius 1 is 1.33 bits per heavy atom.